The number of likely N-dealkylation sites (N-methyl/N-ethyl adjacent to an activating group) is 1. The zero-order chi connectivity index (χ0) is 55.1. The van der Waals surface area contributed by atoms with E-state index in [2.05, 4.69) is 16.2 Å². The maximum atomic E-state index is 14.7. The molecule has 2 N–H and O–H groups in total. The molecule has 2 bridgehead atoms. The summed E-state index contributed by atoms with van der Waals surface area (Å²) in [6.07, 6.45) is 0.637. The number of piperazine rings is 1. The number of methoxy groups -OCH3 is 1. The Bertz CT molecular complexity index is 3070. The van der Waals surface area contributed by atoms with E-state index in [0.29, 0.717) is 69.9 Å². The number of carbonyl (C=O) groups is 4. The summed E-state index contributed by atoms with van der Waals surface area (Å²) in [4.78, 5) is 72.6. The molecule has 20 nitrogen and oxygen atoms in total. The molecule has 0 saturated carbocycles. The zero-order valence-electron chi connectivity index (χ0n) is 44.2. The number of nitrogens with zero attached hydrogens (tertiary/aromatic N) is 10. The lowest BCUT2D eigenvalue weighted by Gasteiger charge is -2.38. The maximum Gasteiger partial charge on any atom is 0.326 e. The van der Waals surface area contributed by atoms with Crippen molar-refractivity contribution in [1.29, 1.82) is 5.26 Å². The molecule has 3 atom stereocenters. The normalized spacial score (nSPS) is 17.5. The van der Waals surface area contributed by atoms with Crippen LogP contribution in [0.4, 0.5) is 15.0 Å². The molecule has 5 heterocycles. The lowest BCUT2D eigenvalue weighted by atomic mass is 10.00. The number of benzene rings is 3. The molecule has 0 radical (unpaired) electrons. The van der Waals surface area contributed by atoms with Crippen molar-refractivity contribution < 1.29 is 47.3 Å². The molecule has 3 aromatic carbocycles. The van der Waals surface area contributed by atoms with Gasteiger partial charge in [-0.1, -0.05) is 23.7 Å². The van der Waals surface area contributed by atoms with Crippen molar-refractivity contribution in [1.82, 2.24) is 39.3 Å². The van der Waals surface area contributed by atoms with E-state index in [1.165, 1.54) is 34.2 Å². The van der Waals surface area contributed by atoms with Gasteiger partial charge in [0, 0.05) is 79.8 Å². The van der Waals surface area contributed by atoms with Gasteiger partial charge in [0.15, 0.2) is 17.3 Å². The number of nitrogen functional groups attached to an aromatic ring is 1. The number of nitriles is 1. The number of hydrogen-bond acceptors (Lipinski definition) is 14. The van der Waals surface area contributed by atoms with E-state index in [-0.39, 0.29) is 112 Å². The summed E-state index contributed by atoms with van der Waals surface area (Å²) >= 11 is 6.26. The maximum absolute atomic E-state index is 14.7. The molecular weight excluding hydrogens is 1010 g/mol. The summed E-state index contributed by atoms with van der Waals surface area (Å²) in [5.41, 5.74) is 9.73. The molecule has 1 fully saturated rings. The number of ether oxygens (including phenoxy) is 5. The van der Waals surface area contributed by atoms with Gasteiger partial charge in [-0.25, -0.2) is 14.2 Å². The first-order valence-corrected chi connectivity index (χ1v) is 25.7. The average Bonchev–Trinajstić information content (AvgIpc) is 3.95. The van der Waals surface area contributed by atoms with Gasteiger partial charge in [0.1, 0.15) is 41.9 Å². The number of pyridine rings is 1. The number of hydrogen-bond donors (Lipinski definition) is 1. The summed E-state index contributed by atoms with van der Waals surface area (Å²) in [5.74, 6) is 0.452. The van der Waals surface area contributed by atoms with E-state index in [1.54, 1.807) is 77.8 Å². The Morgan fingerprint density at radius 2 is 1.71 bits per heavy atom. The summed E-state index contributed by atoms with van der Waals surface area (Å²) in [6, 6.07) is 19.2. The van der Waals surface area contributed by atoms with Gasteiger partial charge in [0.25, 0.3) is 5.91 Å². The number of urea groups is 1. The quantitative estimate of drug-likeness (QED) is 0.0953. The van der Waals surface area contributed by atoms with Crippen molar-refractivity contribution in [3.05, 3.63) is 117 Å². The van der Waals surface area contributed by atoms with E-state index in [4.69, 9.17) is 46.0 Å². The van der Waals surface area contributed by atoms with Crippen molar-refractivity contribution in [3.8, 4) is 34.4 Å². The SMILES string of the molecule is COc1ccc(C2=N[C@H](C)[C@H](c3ccc(Cl)cc3)N2C(=O)N2CCN(CCOCCOCCC(=O)N(C)CCn3nc(C#N)c4c3CN(C)C(=O)c3ccc(F)cc3[C@@H](C)Oc3cc-4cnc3N)C(=O)C2)c(OC(C)C)c1. The summed E-state index contributed by atoms with van der Waals surface area (Å²) in [7, 11) is 4.83. The standard InChI is InChI=1S/C55H63ClFN11O9/c1-33(2)76-46-28-40(73-7)13-15-42(46)53-61-34(3)51(36-8-10-38(56)11-9-36)68(53)55(72)66-19-18-65(49(70)32-66)21-23-75-25-24-74-22-16-48(69)63(5)17-20-67-45-31-64(6)54(71)41-14-12-39(57)27-43(41)35(4)77-47-26-37(30-60-52(47)59)50(45)44(29-58)62-67/h8-15,26-28,30,33-35,51H,16-25,31-32H2,1-7H3,(H2,59,60)/t34-,35-,51-/m1/s1. The van der Waals surface area contributed by atoms with Crippen LogP contribution in [0, 0.1) is 17.1 Å². The monoisotopic (exact) mass is 1080 g/mol. The minimum Gasteiger partial charge on any atom is -0.497 e. The third-order valence-electron chi connectivity index (χ3n) is 13.6. The first-order chi connectivity index (χ1) is 37.0. The molecule has 22 heteroatoms. The number of rotatable bonds is 17. The predicted octanol–water partition coefficient (Wildman–Crippen LogP) is 6.75. The first kappa shape index (κ1) is 55.4. The number of nitrogens with two attached hydrogens (primary N) is 1. The van der Waals surface area contributed by atoms with Crippen molar-refractivity contribution in [2.24, 2.45) is 4.99 Å². The number of fused-ring (bicyclic) bond motifs is 5. The number of aromatic nitrogens is 3. The van der Waals surface area contributed by atoms with Gasteiger partial charge in [-0.05, 0) is 81.8 Å². The van der Waals surface area contributed by atoms with Crippen LogP contribution in [0.1, 0.15) is 84.7 Å². The minimum absolute atomic E-state index is 0.0148. The van der Waals surface area contributed by atoms with E-state index >= 15 is 0 Å². The highest BCUT2D eigenvalue weighted by Crippen LogP contribution is 2.40. The van der Waals surface area contributed by atoms with Crippen LogP contribution >= 0.6 is 11.6 Å². The molecule has 8 rings (SSSR count). The molecule has 77 heavy (non-hydrogen) atoms. The average molecular weight is 1080 g/mol. The summed E-state index contributed by atoms with van der Waals surface area (Å²) in [6.45, 7) is 9.47. The van der Waals surface area contributed by atoms with Crippen LogP contribution in [-0.4, -0.2) is 161 Å². The molecule has 3 aliphatic heterocycles. The Kier molecular flexibility index (Phi) is 17.6. The summed E-state index contributed by atoms with van der Waals surface area (Å²) < 4.78 is 45.5. The lowest BCUT2D eigenvalue weighted by Crippen LogP contribution is -2.57. The molecule has 0 aliphatic carbocycles. The topological polar surface area (TPSA) is 224 Å². The van der Waals surface area contributed by atoms with E-state index in [1.807, 2.05) is 39.0 Å². The minimum atomic E-state index is -0.777. The van der Waals surface area contributed by atoms with Crippen LogP contribution in [0.2, 0.25) is 5.02 Å². The molecule has 5 amide bonds. The van der Waals surface area contributed by atoms with Crippen molar-refractivity contribution in [2.45, 2.75) is 71.5 Å². The zero-order valence-corrected chi connectivity index (χ0v) is 45.0. The largest absolute Gasteiger partial charge is 0.497 e. The van der Waals surface area contributed by atoms with Crippen LogP contribution in [0.5, 0.6) is 17.2 Å². The van der Waals surface area contributed by atoms with Crippen LogP contribution in [0.25, 0.3) is 11.1 Å². The molecule has 0 unspecified atom stereocenters. The molecular formula is C55H63ClFN11O9. The number of halogens is 2. The Hall–Kier alpha value is -7.80. The second kappa shape index (κ2) is 24.5. The second-order valence-electron chi connectivity index (χ2n) is 19.2. The smallest absolute Gasteiger partial charge is 0.326 e. The molecule has 5 aromatic rings. The predicted molar refractivity (Wildman–Crippen MR) is 284 cm³/mol. The third kappa shape index (κ3) is 12.6. The second-order valence-corrected chi connectivity index (χ2v) is 19.7. The molecule has 1 saturated heterocycles. The lowest BCUT2D eigenvalue weighted by molar-refractivity contribution is -0.135. The van der Waals surface area contributed by atoms with Gasteiger partial charge in [-0.3, -0.25) is 29.0 Å². The Morgan fingerprint density at radius 1 is 0.974 bits per heavy atom. The Morgan fingerprint density at radius 3 is 2.43 bits per heavy atom. The highest BCUT2D eigenvalue weighted by molar-refractivity contribution is 6.30. The molecule has 406 valence electrons. The van der Waals surface area contributed by atoms with Crippen LogP contribution < -0.4 is 19.9 Å². The van der Waals surface area contributed by atoms with Crippen molar-refractivity contribution in [3.63, 3.8) is 0 Å². The van der Waals surface area contributed by atoms with Gasteiger partial charge in [-0.2, -0.15) is 10.4 Å². The van der Waals surface area contributed by atoms with Gasteiger partial charge in [-0.15, -0.1) is 0 Å². The molecule has 3 aliphatic rings. The van der Waals surface area contributed by atoms with Crippen LogP contribution in [0.3, 0.4) is 0 Å². The van der Waals surface area contributed by atoms with E-state index in [9.17, 15) is 28.8 Å². The van der Waals surface area contributed by atoms with Gasteiger partial charge in [0.2, 0.25) is 11.8 Å². The first-order valence-electron chi connectivity index (χ1n) is 25.4. The van der Waals surface area contributed by atoms with Crippen molar-refractivity contribution >= 4 is 47.0 Å². The fourth-order valence-corrected chi connectivity index (χ4v) is 9.67. The fraction of sp³-hybridized carbons (Fsp3) is 0.418. The van der Waals surface area contributed by atoms with Crippen LogP contribution in [0.15, 0.2) is 77.9 Å². The van der Waals surface area contributed by atoms with Gasteiger partial charge >= 0.3 is 6.03 Å². The number of amidine groups is 1. The third-order valence-corrected chi connectivity index (χ3v) is 13.8. The van der Waals surface area contributed by atoms with E-state index < -0.39 is 23.9 Å². The Labute approximate surface area is 451 Å². The number of carbonyl (C=O) groups excluding carboxylic acids is 4. The van der Waals surface area contributed by atoms with E-state index in [0.717, 1.165) is 5.56 Å². The summed E-state index contributed by atoms with van der Waals surface area (Å²) in [5, 5.41) is 15.4. The fourth-order valence-electron chi connectivity index (χ4n) is 9.54. The highest BCUT2D eigenvalue weighted by Gasteiger charge is 2.43. The number of aliphatic imine (C=N–C) groups is 1. The van der Waals surface area contributed by atoms with Gasteiger partial charge in [0.05, 0.1) is 82.5 Å². The highest BCUT2D eigenvalue weighted by atomic mass is 35.5. The van der Waals surface area contributed by atoms with Gasteiger partial charge < -0.3 is 49.0 Å². The molecule has 2 aromatic heterocycles. The van der Waals surface area contributed by atoms with Crippen molar-refractivity contribution in [2.75, 3.05) is 86.1 Å². The van der Waals surface area contributed by atoms with Crippen LogP contribution in [-0.2, 0) is 32.2 Å². The molecule has 0 spiro atoms. The Balaban J connectivity index is 0.811. The number of amides is 5. The number of anilines is 1.